The maximum absolute atomic E-state index is 12.0. The minimum absolute atomic E-state index is 0.199. The SMILES string of the molecule is Nc1cc(Cl)c(Cl)c(C(=O)OCC2CCCCC2)c1. The smallest absolute Gasteiger partial charge is 0.339 e. The first-order chi connectivity index (χ1) is 9.08. The second-order valence-corrected chi connectivity index (χ2v) is 5.75. The maximum atomic E-state index is 12.0. The highest BCUT2D eigenvalue weighted by Gasteiger charge is 2.19. The average molecular weight is 302 g/mol. The number of anilines is 1. The van der Waals surface area contributed by atoms with Crippen molar-refractivity contribution in [2.24, 2.45) is 5.92 Å². The highest BCUT2D eigenvalue weighted by atomic mass is 35.5. The largest absolute Gasteiger partial charge is 0.462 e. The van der Waals surface area contributed by atoms with Crippen LogP contribution in [0.2, 0.25) is 10.0 Å². The van der Waals surface area contributed by atoms with Crippen LogP contribution < -0.4 is 5.73 Å². The number of hydrogen-bond donors (Lipinski definition) is 1. The third-order valence-corrected chi connectivity index (χ3v) is 4.25. The molecule has 0 heterocycles. The number of carbonyl (C=O) groups excluding carboxylic acids is 1. The van der Waals surface area contributed by atoms with Gasteiger partial charge in [-0.15, -0.1) is 0 Å². The Kier molecular flexibility index (Phi) is 4.94. The molecule has 19 heavy (non-hydrogen) atoms. The molecule has 0 unspecified atom stereocenters. The molecular formula is C14H17Cl2NO2. The number of halogens is 2. The van der Waals surface area contributed by atoms with Crippen LogP contribution in [0.15, 0.2) is 12.1 Å². The summed E-state index contributed by atoms with van der Waals surface area (Å²) in [5.41, 5.74) is 6.29. The summed E-state index contributed by atoms with van der Waals surface area (Å²) in [6.45, 7) is 0.446. The van der Waals surface area contributed by atoms with Crippen molar-refractivity contribution in [3.63, 3.8) is 0 Å². The predicted octanol–water partition coefficient (Wildman–Crippen LogP) is 4.31. The van der Waals surface area contributed by atoms with E-state index >= 15 is 0 Å². The molecule has 1 aliphatic rings. The topological polar surface area (TPSA) is 52.3 Å². The van der Waals surface area contributed by atoms with E-state index < -0.39 is 5.97 Å². The molecular weight excluding hydrogens is 285 g/mol. The Morgan fingerprint density at radius 1 is 1.26 bits per heavy atom. The van der Waals surface area contributed by atoms with Crippen LogP contribution in [0.4, 0.5) is 5.69 Å². The van der Waals surface area contributed by atoms with Crippen molar-refractivity contribution in [2.75, 3.05) is 12.3 Å². The van der Waals surface area contributed by atoms with Gasteiger partial charge in [-0.05, 0) is 30.9 Å². The predicted molar refractivity (Wildman–Crippen MR) is 77.7 cm³/mol. The number of nitrogens with two attached hydrogens (primary N) is 1. The maximum Gasteiger partial charge on any atom is 0.339 e. The number of ether oxygens (including phenoxy) is 1. The van der Waals surface area contributed by atoms with Crippen molar-refractivity contribution in [2.45, 2.75) is 32.1 Å². The molecule has 0 aliphatic heterocycles. The fourth-order valence-electron chi connectivity index (χ4n) is 2.38. The highest BCUT2D eigenvalue weighted by Crippen LogP contribution is 2.30. The molecule has 0 saturated heterocycles. The van der Waals surface area contributed by atoms with Crippen LogP contribution >= 0.6 is 23.2 Å². The molecule has 0 bridgehead atoms. The standard InChI is InChI=1S/C14H17Cl2NO2/c15-12-7-10(17)6-11(13(12)16)14(18)19-8-9-4-2-1-3-5-9/h6-7,9H,1-5,8,17H2. The monoisotopic (exact) mass is 301 g/mol. The summed E-state index contributed by atoms with van der Waals surface area (Å²) in [7, 11) is 0. The lowest BCUT2D eigenvalue weighted by Gasteiger charge is -2.21. The van der Waals surface area contributed by atoms with Crippen molar-refractivity contribution in [1.82, 2.24) is 0 Å². The van der Waals surface area contributed by atoms with Gasteiger partial charge in [-0.1, -0.05) is 42.5 Å². The Morgan fingerprint density at radius 3 is 2.63 bits per heavy atom. The first kappa shape index (κ1) is 14.5. The number of esters is 1. The third-order valence-electron chi connectivity index (χ3n) is 3.45. The van der Waals surface area contributed by atoms with Crippen LogP contribution in [-0.4, -0.2) is 12.6 Å². The Hall–Kier alpha value is -0.930. The number of hydrogen-bond acceptors (Lipinski definition) is 3. The van der Waals surface area contributed by atoms with Gasteiger partial charge in [-0.3, -0.25) is 0 Å². The summed E-state index contributed by atoms with van der Waals surface area (Å²) in [5.74, 6) is 0.0118. The molecule has 1 fully saturated rings. The number of benzene rings is 1. The fraction of sp³-hybridized carbons (Fsp3) is 0.500. The van der Waals surface area contributed by atoms with Gasteiger partial charge >= 0.3 is 5.97 Å². The van der Waals surface area contributed by atoms with Gasteiger partial charge in [-0.25, -0.2) is 4.79 Å². The molecule has 0 aromatic heterocycles. The third kappa shape index (κ3) is 3.77. The molecule has 2 rings (SSSR count). The Morgan fingerprint density at radius 2 is 1.95 bits per heavy atom. The molecule has 3 nitrogen and oxygen atoms in total. The van der Waals surface area contributed by atoms with E-state index in [1.54, 1.807) is 0 Å². The molecule has 1 aromatic carbocycles. The Bertz CT molecular complexity index is 471. The van der Waals surface area contributed by atoms with Gasteiger partial charge in [-0.2, -0.15) is 0 Å². The van der Waals surface area contributed by atoms with Gasteiger partial charge in [0.15, 0.2) is 0 Å². The average Bonchev–Trinajstić information content (AvgIpc) is 2.41. The van der Waals surface area contributed by atoms with Gasteiger partial charge in [0.25, 0.3) is 0 Å². The first-order valence-electron chi connectivity index (χ1n) is 6.49. The second kappa shape index (κ2) is 6.49. The number of rotatable bonds is 3. The molecule has 5 heteroatoms. The van der Waals surface area contributed by atoms with Crippen LogP contribution in [0.3, 0.4) is 0 Å². The molecule has 0 atom stereocenters. The van der Waals surface area contributed by atoms with E-state index in [0.717, 1.165) is 12.8 Å². The second-order valence-electron chi connectivity index (χ2n) is 4.97. The lowest BCUT2D eigenvalue weighted by atomic mass is 9.90. The molecule has 1 aliphatic carbocycles. The zero-order valence-corrected chi connectivity index (χ0v) is 12.1. The van der Waals surface area contributed by atoms with Crippen LogP contribution in [0.5, 0.6) is 0 Å². The van der Waals surface area contributed by atoms with Crippen molar-refractivity contribution in [1.29, 1.82) is 0 Å². The summed E-state index contributed by atoms with van der Waals surface area (Å²) >= 11 is 11.9. The van der Waals surface area contributed by atoms with Crippen LogP contribution in [0.25, 0.3) is 0 Å². The zero-order valence-electron chi connectivity index (χ0n) is 10.6. The molecule has 0 spiro atoms. The zero-order chi connectivity index (χ0) is 13.8. The quantitative estimate of drug-likeness (QED) is 0.668. The van der Waals surface area contributed by atoms with Crippen molar-refractivity contribution >= 4 is 34.9 Å². The van der Waals surface area contributed by atoms with E-state index in [1.165, 1.54) is 31.4 Å². The van der Waals surface area contributed by atoms with E-state index in [2.05, 4.69) is 0 Å². The Balaban J connectivity index is 1.99. The first-order valence-corrected chi connectivity index (χ1v) is 7.25. The molecule has 1 saturated carbocycles. The normalized spacial score (nSPS) is 16.3. The molecule has 0 radical (unpaired) electrons. The lowest BCUT2D eigenvalue weighted by molar-refractivity contribution is 0.0410. The van der Waals surface area contributed by atoms with E-state index in [-0.39, 0.29) is 15.6 Å². The summed E-state index contributed by atoms with van der Waals surface area (Å²) in [5, 5.41) is 0.468. The van der Waals surface area contributed by atoms with Gasteiger partial charge in [0, 0.05) is 5.69 Å². The Labute approximate surface area is 123 Å². The van der Waals surface area contributed by atoms with Gasteiger partial charge < -0.3 is 10.5 Å². The summed E-state index contributed by atoms with van der Waals surface area (Å²) < 4.78 is 5.32. The van der Waals surface area contributed by atoms with Crippen molar-refractivity contribution in [3.05, 3.63) is 27.7 Å². The van der Waals surface area contributed by atoms with Crippen molar-refractivity contribution in [3.8, 4) is 0 Å². The highest BCUT2D eigenvalue weighted by molar-refractivity contribution is 6.44. The summed E-state index contributed by atoms with van der Waals surface area (Å²) in [6.07, 6.45) is 5.96. The minimum atomic E-state index is -0.454. The summed E-state index contributed by atoms with van der Waals surface area (Å²) in [6, 6.07) is 3.01. The molecule has 104 valence electrons. The molecule has 2 N–H and O–H groups in total. The van der Waals surface area contributed by atoms with Crippen LogP contribution in [-0.2, 0) is 4.74 Å². The fourth-order valence-corrected chi connectivity index (χ4v) is 2.80. The van der Waals surface area contributed by atoms with E-state index in [0.29, 0.717) is 18.2 Å². The minimum Gasteiger partial charge on any atom is -0.462 e. The van der Waals surface area contributed by atoms with Crippen LogP contribution in [0, 0.1) is 5.92 Å². The molecule has 1 aromatic rings. The van der Waals surface area contributed by atoms with Gasteiger partial charge in [0.05, 0.1) is 22.2 Å². The lowest BCUT2D eigenvalue weighted by Crippen LogP contribution is -2.17. The van der Waals surface area contributed by atoms with Crippen LogP contribution in [0.1, 0.15) is 42.5 Å². The van der Waals surface area contributed by atoms with E-state index in [9.17, 15) is 4.79 Å². The van der Waals surface area contributed by atoms with Gasteiger partial charge in [0.1, 0.15) is 0 Å². The van der Waals surface area contributed by atoms with E-state index in [4.69, 9.17) is 33.7 Å². The molecule has 0 amide bonds. The van der Waals surface area contributed by atoms with Gasteiger partial charge in [0.2, 0.25) is 0 Å². The number of carbonyl (C=O) groups is 1. The van der Waals surface area contributed by atoms with Crippen molar-refractivity contribution < 1.29 is 9.53 Å². The summed E-state index contributed by atoms with van der Waals surface area (Å²) in [4.78, 5) is 12.0. The van der Waals surface area contributed by atoms with E-state index in [1.807, 2.05) is 0 Å². The number of nitrogen functional groups attached to an aromatic ring is 1.